The summed E-state index contributed by atoms with van der Waals surface area (Å²) in [6, 6.07) is 8.80. The van der Waals surface area contributed by atoms with Gasteiger partial charge in [-0.15, -0.1) is 0 Å². The van der Waals surface area contributed by atoms with Crippen LogP contribution in [0.3, 0.4) is 0 Å². The summed E-state index contributed by atoms with van der Waals surface area (Å²) in [5.41, 5.74) is 6.76. The fourth-order valence-corrected chi connectivity index (χ4v) is 2.25. The molecule has 0 bridgehead atoms. The second-order valence-electron chi connectivity index (χ2n) is 4.48. The second kappa shape index (κ2) is 7.56. The first-order chi connectivity index (χ1) is 10.6. The van der Waals surface area contributed by atoms with Crippen molar-refractivity contribution >= 4 is 33.4 Å². The molecule has 0 saturated carbocycles. The number of rotatable bonds is 6. The van der Waals surface area contributed by atoms with Crippen LogP contribution in [-0.4, -0.2) is 29.9 Å². The van der Waals surface area contributed by atoms with Crippen molar-refractivity contribution in [2.24, 2.45) is 5.73 Å². The van der Waals surface area contributed by atoms with Gasteiger partial charge in [-0.05, 0) is 24.3 Å². The number of amides is 2. The Bertz CT molecular complexity index is 691. The van der Waals surface area contributed by atoms with Gasteiger partial charge in [-0.1, -0.05) is 22.0 Å². The van der Waals surface area contributed by atoms with E-state index in [1.165, 1.54) is 6.20 Å². The van der Waals surface area contributed by atoms with Gasteiger partial charge in [-0.2, -0.15) is 0 Å². The third kappa shape index (κ3) is 4.29. The molecule has 22 heavy (non-hydrogen) atoms. The first kappa shape index (κ1) is 16.0. The van der Waals surface area contributed by atoms with Gasteiger partial charge in [0, 0.05) is 35.5 Å². The molecule has 0 aliphatic rings. The molecule has 2 aromatic rings. The number of carbonyl (C=O) groups is 2. The van der Waals surface area contributed by atoms with E-state index in [1.54, 1.807) is 30.5 Å². The number of primary amides is 1. The highest BCUT2D eigenvalue weighted by molar-refractivity contribution is 9.10. The molecule has 0 spiro atoms. The fourth-order valence-electron chi connectivity index (χ4n) is 1.85. The predicted molar refractivity (Wildman–Crippen MR) is 87.7 cm³/mol. The van der Waals surface area contributed by atoms with E-state index >= 15 is 0 Å². The van der Waals surface area contributed by atoms with E-state index in [-0.39, 0.29) is 5.91 Å². The first-order valence-corrected chi connectivity index (χ1v) is 7.38. The van der Waals surface area contributed by atoms with Gasteiger partial charge in [0.2, 0.25) is 0 Å². The summed E-state index contributed by atoms with van der Waals surface area (Å²) in [6.07, 6.45) is 2.97. The number of pyridine rings is 1. The number of anilines is 1. The Balaban J connectivity index is 1.85. The lowest BCUT2D eigenvalue weighted by Gasteiger charge is -2.10. The average Bonchev–Trinajstić information content (AvgIpc) is 2.51. The molecule has 0 fully saturated rings. The lowest BCUT2D eigenvalue weighted by molar-refractivity contribution is 0.0953. The van der Waals surface area contributed by atoms with Crippen molar-refractivity contribution < 1.29 is 9.59 Å². The van der Waals surface area contributed by atoms with E-state index in [4.69, 9.17) is 5.73 Å². The number of carbonyl (C=O) groups excluding carboxylic acids is 2. The maximum Gasteiger partial charge on any atom is 0.252 e. The zero-order valence-corrected chi connectivity index (χ0v) is 13.3. The van der Waals surface area contributed by atoms with Crippen LogP contribution in [0.1, 0.15) is 20.7 Å². The lowest BCUT2D eigenvalue weighted by Crippen LogP contribution is -2.29. The molecular formula is C15H15BrN4O2. The standard InChI is InChI=1S/C15H15BrN4O2/c16-11-3-1-2-10(8-11)15(22)20-7-6-19-13-4-5-18-9-12(13)14(17)21/h1-5,8-9H,6-7H2,(H2,17,21)(H,18,19)(H,20,22). The van der Waals surface area contributed by atoms with Crippen molar-refractivity contribution in [3.63, 3.8) is 0 Å². The molecule has 0 radical (unpaired) electrons. The van der Waals surface area contributed by atoms with Crippen LogP contribution >= 0.6 is 15.9 Å². The van der Waals surface area contributed by atoms with Crippen molar-refractivity contribution in [3.05, 3.63) is 58.3 Å². The minimum atomic E-state index is -0.547. The molecule has 0 aliphatic heterocycles. The molecule has 0 aliphatic carbocycles. The minimum absolute atomic E-state index is 0.159. The first-order valence-electron chi connectivity index (χ1n) is 6.59. The van der Waals surface area contributed by atoms with Gasteiger partial charge in [0.05, 0.1) is 11.3 Å². The van der Waals surface area contributed by atoms with Crippen LogP contribution in [0.2, 0.25) is 0 Å². The molecule has 1 aromatic carbocycles. The fraction of sp³-hybridized carbons (Fsp3) is 0.133. The minimum Gasteiger partial charge on any atom is -0.383 e. The average molecular weight is 363 g/mol. The summed E-state index contributed by atoms with van der Waals surface area (Å²) in [5.74, 6) is -0.707. The highest BCUT2D eigenvalue weighted by Gasteiger charge is 2.08. The number of aromatic nitrogens is 1. The Hall–Kier alpha value is -2.41. The third-order valence-electron chi connectivity index (χ3n) is 2.90. The molecule has 0 saturated heterocycles. The van der Waals surface area contributed by atoms with Crippen LogP contribution in [0.25, 0.3) is 0 Å². The maximum absolute atomic E-state index is 11.9. The topological polar surface area (TPSA) is 97.1 Å². The lowest BCUT2D eigenvalue weighted by atomic mass is 10.2. The predicted octanol–water partition coefficient (Wildman–Crippen LogP) is 1.78. The van der Waals surface area contributed by atoms with E-state index in [9.17, 15) is 9.59 Å². The van der Waals surface area contributed by atoms with Crippen LogP contribution < -0.4 is 16.4 Å². The number of hydrogen-bond donors (Lipinski definition) is 3. The van der Waals surface area contributed by atoms with Gasteiger partial charge in [0.15, 0.2) is 0 Å². The van der Waals surface area contributed by atoms with Crippen molar-refractivity contribution in [1.29, 1.82) is 0 Å². The summed E-state index contributed by atoms with van der Waals surface area (Å²) in [5, 5.41) is 5.84. The number of hydrogen-bond acceptors (Lipinski definition) is 4. The van der Waals surface area contributed by atoms with Crippen LogP contribution in [0.15, 0.2) is 47.2 Å². The summed E-state index contributed by atoms with van der Waals surface area (Å²) >= 11 is 3.32. The third-order valence-corrected chi connectivity index (χ3v) is 3.39. The summed E-state index contributed by atoms with van der Waals surface area (Å²) in [6.45, 7) is 0.871. The number of nitrogens with two attached hydrogens (primary N) is 1. The number of nitrogens with one attached hydrogen (secondary N) is 2. The molecule has 2 rings (SSSR count). The van der Waals surface area contributed by atoms with E-state index < -0.39 is 5.91 Å². The van der Waals surface area contributed by atoms with Gasteiger partial charge in [0.25, 0.3) is 11.8 Å². The molecular weight excluding hydrogens is 348 g/mol. The van der Waals surface area contributed by atoms with Crippen LogP contribution in [0.4, 0.5) is 5.69 Å². The van der Waals surface area contributed by atoms with Gasteiger partial charge >= 0.3 is 0 Å². The molecule has 0 unspecified atom stereocenters. The Morgan fingerprint density at radius 1 is 1.23 bits per heavy atom. The van der Waals surface area contributed by atoms with Crippen molar-refractivity contribution in [1.82, 2.24) is 10.3 Å². The monoisotopic (exact) mass is 362 g/mol. The highest BCUT2D eigenvalue weighted by atomic mass is 79.9. The quantitative estimate of drug-likeness (QED) is 0.682. The van der Waals surface area contributed by atoms with Gasteiger partial charge in [-0.25, -0.2) is 0 Å². The van der Waals surface area contributed by atoms with E-state index in [0.717, 1.165) is 4.47 Å². The largest absolute Gasteiger partial charge is 0.383 e. The highest BCUT2D eigenvalue weighted by Crippen LogP contribution is 2.12. The smallest absolute Gasteiger partial charge is 0.252 e. The molecule has 114 valence electrons. The molecule has 7 heteroatoms. The molecule has 1 heterocycles. The van der Waals surface area contributed by atoms with Gasteiger partial charge in [0.1, 0.15) is 0 Å². The Labute approximate surface area is 136 Å². The van der Waals surface area contributed by atoms with Gasteiger partial charge < -0.3 is 16.4 Å². The van der Waals surface area contributed by atoms with Crippen LogP contribution in [0.5, 0.6) is 0 Å². The van der Waals surface area contributed by atoms with Crippen molar-refractivity contribution in [2.75, 3.05) is 18.4 Å². The maximum atomic E-state index is 11.9. The zero-order valence-electron chi connectivity index (χ0n) is 11.7. The normalized spacial score (nSPS) is 10.0. The zero-order chi connectivity index (χ0) is 15.9. The number of halogens is 1. The van der Waals surface area contributed by atoms with Crippen LogP contribution in [0, 0.1) is 0 Å². The van der Waals surface area contributed by atoms with E-state index in [0.29, 0.717) is 29.9 Å². The summed E-state index contributed by atoms with van der Waals surface area (Å²) in [7, 11) is 0. The molecule has 0 atom stereocenters. The van der Waals surface area contributed by atoms with Crippen molar-refractivity contribution in [2.45, 2.75) is 0 Å². The Morgan fingerprint density at radius 2 is 2.05 bits per heavy atom. The molecule has 1 aromatic heterocycles. The summed E-state index contributed by atoms with van der Waals surface area (Å²) in [4.78, 5) is 27.0. The number of benzene rings is 1. The van der Waals surface area contributed by atoms with E-state index in [1.807, 2.05) is 6.07 Å². The van der Waals surface area contributed by atoms with Crippen LogP contribution in [-0.2, 0) is 0 Å². The second-order valence-corrected chi connectivity index (χ2v) is 5.39. The Kier molecular flexibility index (Phi) is 5.48. The molecule has 2 amide bonds. The Morgan fingerprint density at radius 3 is 2.77 bits per heavy atom. The van der Waals surface area contributed by atoms with Crippen molar-refractivity contribution in [3.8, 4) is 0 Å². The SMILES string of the molecule is NC(=O)c1cnccc1NCCNC(=O)c1cccc(Br)c1. The summed E-state index contributed by atoms with van der Waals surface area (Å²) < 4.78 is 0.848. The van der Waals surface area contributed by atoms with Gasteiger partial charge in [-0.3, -0.25) is 14.6 Å². The molecule has 4 N–H and O–H groups in total. The number of nitrogens with zero attached hydrogens (tertiary/aromatic N) is 1. The molecule has 6 nitrogen and oxygen atoms in total. The van der Waals surface area contributed by atoms with E-state index in [2.05, 4.69) is 31.5 Å².